The molecule has 1 aromatic rings. The second-order valence-electron chi connectivity index (χ2n) is 6.04. The Morgan fingerprint density at radius 2 is 2.05 bits per heavy atom. The van der Waals surface area contributed by atoms with Crippen molar-refractivity contribution in [2.75, 3.05) is 24.6 Å². The number of aromatic amines is 1. The van der Waals surface area contributed by atoms with Crippen LogP contribution < -0.4 is 10.2 Å². The first-order chi connectivity index (χ1) is 9.07. The molecule has 2 N–H and O–H groups in total. The van der Waals surface area contributed by atoms with Crippen molar-refractivity contribution in [2.45, 2.75) is 51.3 Å². The Hall–Kier alpha value is -1.14. The van der Waals surface area contributed by atoms with Gasteiger partial charge in [-0.05, 0) is 33.6 Å². The minimum Gasteiger partial charge on any atom is -0.367 e. The van der Waals surface area contributed by atoms with Crippen LogP contribution in [-0.4, -0.2) is 47.0 Å². The Morgan fingerprint density at radius 3 is 2.68 bits per heavy atom. The fourth-order valence-corrected chi connectivity index (χ4v) is 3.09. The van der Waals surface area contributed by atoms with Gasteiger partial charge in [0.15, 0.2) is 5.82 Å². The lowest BCUT2D eigenvalue weighted by molar-refractivity contribution is 0.00966. The Morgan fingerprint density at radius 1 is 1.32 bits per heavy atom. The van der Waals surface area contributed by atoms with Gasteiger partial charge >= 0.3 is 0 Å². The van der Waals surface area contributed by atoms with E-state index in [2.05, 4.69) is 46.2 Å². The Kier molecular flexibility index (Phi) is 3.22. The third kappa shape index (κ3) is 2.47. The van der Waals surface area contributed by atoms with Gasteiger partial charge < -0.3 is 15.0 Å². The summed E-state index contributed by atoms with van der Waals surface area (Å²) in [7, 11) is 0. The Bertz CT molecular complexity index is 430. The summed E-state index contributed by atoms with van der Waals surface area (Å²) in [6.45, 7) is 9.18. The molecule has 2 saturated heterocycles. The van der Waals surface area contributed by atoms with E-state index < -0.39 is 0 Å². The monoisotopic (exact) mass is 265 g/mol. The van der Waals surface area contributed by atoms with Gasteiger partial charge in [-0.2, -0.15) is 4.98 Å². The maximum atomic E-state index is 5.80. The maximum Gasteiger partial charge on any atom is 0.244 e. The average molecular weight is 265 g/mol. The first kappa shape index (κ1) is 12.9. The van der Waals surface area contributed by atoms with E-state index in [1.807, 2.05) is 0 Å². The number of hydrogen-bond donors (Lipinski definition) is 2. The van der Waals surface area contributed by atoms with E-state index in [4.69, 9.17) is 4.74 Å². The Balaban J connectivity index is 1.77. The fourth-order valence-electron chi connectivity index (χ4n) is 3.09. The Labute approximate surface area is 113 Å². The highest BCUT2D eigenvalue weighted by atomic mass is 16.5. The van der Waals surface area contributed by atoms with Gasteiger partial charge in [-0.25, -0.2) is 0 Å². The average Bonchev–Trinajstić information content (AvgIpc) is 2.96. The molecular weight excluding hydrogens is 242 g/mol. The second kappa shape index (κ2) is 4.76. The summed E-state index contributed by atoms with van der Waals surface area (Å²) >= 11 is 0. The zero-order chi connectivity index (χ0) is 13.5. The predicted octanol–water partition coefficient (Wildman–Crippen LogP) is 1.02. The molecule has 0 bridgehead atoms. The summed E-state index contributed by atoms with van der Waals surface area (Å²) < 4.78 is 5.80. The topological polar surface area (TPSA) is 66.1 Å². The van der Waals surface area contributed by atoms with Crippen LogP contribution in [0.25, 0.3) is 0 Å². The number of aromatic nitrogens is 3. The highest BCUT2D eigenvalue weighted by Crippen LogP contribution is 2.33. The van der Waals surface area contributed by atoms with E-state index in [1.54, 1.807) is 0 Å². The number of H-pyrrole nitrogens is 1. The van der Waals surface area contributed by atoms with Crippen LogP contribution in [-0.2, 0) is 10.3 Å². The first-order valence-electron chi connectivity index (χ1n) is 7.15. The molecule has 0 amide bonds. The molecule has 6 nitrogen and oxygen atoms in total. The summed E-state index contributed by atoms with van der Waals surface area (Å²) in [6, 6.07) is 0.924. The third-order valence-electron chi connectivity index (χ3n) is 4.03. The number of piperazine rings is 1. The first-order valence-corrected chi connectivity index (χ1v) is 7.15. The van der Waals surface area contributed by atoms with Gasteiger partial charge in [0.2, 0.25) is 5.95 Å². The minimum absolute atomic E-state index is 0.281. The predicted molar refractivity (Wildman–Crippen MR) is 73.2 cm³/mol. The van der Waals surface area contributed by atoms with Crippen molar-refractivity contribution in [3.63, 3.8) is 0 Å². The quantitative estimate of drug-likeness (QED) is 0.835. The van der Waals surface area contributed by atoms with Crippen LogP contribution in [0.4, 0.5) is 5.95 Å². The van der Waals surface area contributed by atoms with Crippen LogP contribution in [0.2, 0.25) is 0 Å². The minimum atomic E-state index is -0.281. The number of hydrogen-bond acceptors (Lipinski definition) is 5. The van der Waals surface area contributed by atoms with Gasteiger partial charge in [0, 0.05) is 31.8 Å². The molecule has 0 aliphatic carbocycles. The van der Waals surface area contributed by atoms with Crippen molar-refractivity contribution in [2.24, 2.45) is 0 Å². The van der Waals surface area contributed by atoms with Crippen molar-refractivity contribution in [1.29, 1.82) is 0 Å². The molecule has 0 aromatic carbocycles. The largest absolute Gasteiger partial charge is 0.367 e. The molecule has 1 aromatic heterocycles. The molecule has 2 aliphatic rings. The number of anilines is 1. The van der Waals surface area contributed by atoms with Crippen molar-refractivity contribution in [3.05, 3.63) is 5.82 Å². The van der Waals surface area contributed by atoms with E-state index in [0.29, 0.717) is 12.1 Å². The normalized spacial score (nSPS) is 35.8. The van der Waals surface area contributed by atoms with Crippen molar-refractivity contribution < 1.29 is 4.74 Å². The molecule has 6 heteroatoms. The van der Waals surface area contributed by atoms with E-state index >= 15 is 0 Å². The van der Waals surface area contributed by atoms with Crippen LogP contribution in [0.1, 0.15) is 39.4 Å². The lowest BCUT2D eigenvalue weighted by atomic mass is 10.0. The lowest BCUT2D eigenvalue weighted by Gasteiger charge is -2.35. The summed E-state index contributed by atoms with van der Waals surface area (Å²) in [5.41, 5.74) is -0.281. The van der Waals surface area contributed by atoms with Gasteiger partial charge in [0.25, 0.3) is 0 Å². The molecule has 106 valence electrons. The molecular formula is C13H23N5O. The van der Waals surface area contributed by atoms with Gasteiger partial charge in [-0.15, -0.1) is 5.10 Å². The van der Waals surface area contributed by atoms with E-state index in [0.717, 1.165) is 44.3 Å². The molecule has 0 radical (unpaired) electrons. The molecule has 3 heterocycles. The molecule has 19 heavy (non-hydrogen) atoms. The molecule has 3 rings (SSSR count). The zero-order valence-electron chi connectivity index (χ0n) is 11.9. The van der Waals surface area contributed by atoms with Crippen LogP contribution in [0.5, 0.6) is 0 Å². The van der Waals surface area contributed by atoms with Gasteiger partial charge in [0.05, 0.1) is 0 Å². The van der Waals surface area contributed by atoms with Gasteiger partial charge in [-0.1, -0.05) is 0 Å². The molecule has 2 fully saturated rings. The highest BCUT2D eigenvalue weighted by Gasteiger charge is 2.36. The van der Waals surface area contributed by atoms with Crippen LogP contribution in [0, 0.1) is 0 Å². The zero-order valence-corrected chi connectivity index (χ0v) is 11.9. The van der Waals surface area contributed by atoms with Crippen LogP contribution in [0.3, 0.4) is 0 Å². The summed E-state index contributed by atoms with van der Waals surface area (Å²) in [5.74, 6) is 1.66. The molecule has 2 aliphatic heterocycles. The lowest BCUT2D eigenvalue weighted by Crippen LogP contribution is -2.54. The van der Waals surface area contributed by atoms with Gasteiger partial charge in [-0.3, -0.25) is 5.10 Å². The molecule has 3 atom stereocenters. The molecule has 0 spiro atoms. The third-order valence-corrected chi connectivity index (χ3v) is 4.03. The van der Waals surface area contributed by atoms with E-state index in [-0.39, 0.29) is 5.60 Å². The van der Waals surface area contributed by atoms with Crippen molar-refractivity contribution in [3.8, 4) is 0 Å². The van der Waals surface area contributed by atoms with Crippen molar-refractivity contribution in [1.82, 2.24) is 20.5 Å². The highest BCUT2D eigenvalue weighted by molar-refractivity contribution is 5.31. The molecule has 3 unspecified atom stereocenters. The second-order valence-corrected chi connectivity index (χ2v) is 6.04. The number of rotatable bonds is 2. The van der Waals surface area contributed by atoms with Crippen molar-refractivity contribution >= 4 is 5.95 Å². The number of nitrogens with one attached hydrogen (secondary N) is 2. The van der Waals surface area contributed by atoms with Crippen LogP contribution in [0.15, 0.2) is 0 Å². The van der Waals surface area contributed by atoms with Gasteiger partial charge in [0.1, 0.15) is 5.60 Å². The SMILES string of the molecule is CC1CN(c2n[nH]c(C3(C)CCCO3)n2)CC(C)N1. The summed E-state index contributed by atoms with van der Waals surface area (Å²) in [6.07, 6.45) is 2.10. The summed E-state index contributed by atoms with van der Waals surface area (Å²) in [4.78, 5) is 6.90. The van der Waals surface area contributed by atoms with E-state index in [9.17, 15) is 0 Å². The number of ether oxygens (including phenoxy) is 1. The number of nitrogens with zero attached hydrogens (tertiary/aromatic N) is 3. The maximum absolute atomic E-state index is 5.80. The standard InChI is InChI=1S/C13H23N5O/c1-9-7-18(8-10(2)14-9)12-15-11(16-17-12)13(3)5-4-6-19-13/h9-10,14H,4-8H2,1-3H3,(H,15,16,17). The van der Waals surface area contributed by atoms with Crippen LogP contribution >= 0.6 is 0 Å². The fraction of sp³-hybridized carbons (Fsp3) is 0.846. The summed E-state index contributed by atoms with van der Waals surface area (Å²) in [5, 5.41) is 11.0. The smallest absolute Gasteiger partial charge is 0.244 e. The molecule has 0 saturated carbocycles. The van der Waals surface area contributed by atoms with E-state index in [1.165, 1.54) is 0 Å².